The Kier molecular flexibility index (Phi) is 5.87. The summed E-state index contributed by atoms with van der Waals surface area (Å²) in [7, 11) is 1.72. The topological polar surface area (TPSA) is 39.1 Å². The molecule has 0 aromatic carbocycles. The van der Waals surface area contributed by atoms with Crippen molar-refractivity contribution in [3.05, 3.63) is 16.9 Å². The van der Waals surface area contributed by atoms with Gasteiger partial charge in [0.2, 0.25) is 0 Å². The van der Waals surface area contributed by atoms with E-state index in [4.69, 9.17) is 16.3 Å². The van der Waals surface area contributed by atoms with Crippen LogP contribution in [0.3, 0.4) is 0 Å². The normalized spacial score (nSPS) is 26.3. The Hall–Kier alpha value is -0.580. The lowest BCUT2D eigenvalue weighted by molar-refractivity contribution is 0.181. The van der Waals surface area contributed by atoms with E-state index in [0.29, 0.717) is 24.5 Å². The van der Waals surface area contributed by atoms with Crippen LogP contribution >= 0.6 is 11.6 Å². The van der Waals surface area contributed by atoms with Gasteiger partial charge in [0.1, 0.15) is 0 Å². The minimum atomic E-state index is 0.496. The highest BCUT2D eigenvalue weighted by molar-refractivity contribution is 6.31. The van der Waals surface area contributed by atoms with Crippen molar-refractivity contribution in [3.63, 3.8) is 0 Å². The molecule has 1 N–H and O–H groups in total. The first-order valence-electron chi connectivity index (χ1n) is 7.62. The van der Waals surface area contributed by atoms with E-state index in [9.17, 15) is 0 Å². The number of hydrogen-bond donors (Lipinski definition) is 1. The second-order valence-electron chi connectivity index (χ2n) is 5.70. The molecule has 1 aromatic rings. The molecule has 1 fully saturated rings. The van der Waals surface area contributed by atoms with E-state index in [1.807, 2.05) is 4.68 Å². The van der Waals surface area contributed by atoms with Crippen molar-refractivity contribution in [2.75, 3.05) is 20.3 Å². The molecule has 114 valence electrons. The van der Waals surface area contributed by atoms with Crippen LogP contribution in [0.5, 0.6) is 0 Å². The first kappa shape index (κ1) is 15.8. The quantitative estimate of drug-likeness (QED) is 0.841. The number of ether oxygens (including phenoxy) is 1. The Bertz CT molecular complexity index is 421. The van der Waals surface area contributed by atoms with Crippen LogP contribution in [0.2, 0.25) is 5.02 Å². The molecule has 1 aliphatic carbocycles. The molecule has 2 rings (SSSR count). The van der Waals surface area contributed by atoms with Crippen molar-refractivity contribution in [2.24, 2.45) is 5.92 Å². The van der Waals surface area contributed by atoms with Crippen molar-refractivity contribution in [1.82, 2.24) is 15.1 Å². The molecule has 0 amide bonds. The van der Waals surface area contributed by atoms with Crippen LogP contribution in [-0.2, 0) is 11.3 Å². The maximum Gasteiger partial charge on any atom is 0.0820 e. The highest BCUT2D eigenvalue weighted by atomic mass is 35.5. The van der Waals surface area contributed by atoms with E-state index >= 15 is 0 Å². The maximum absolute atomic E-state index is 6.38. The third-order valence-electron chi connectivity index (χ3n) is 4.41. The molecule has 0 radical (unpaired) electrons. The van der Waals surface area contributed by atoms with Crippen molar-refractivity contribution >= 4 is 11.6 Å². The monoisotopic (exact) mass is 299 g/mol. The predicted molar refractivity (Wildman–Crippen MR) is 82.3 cm³/mol. The summed E-state index contributed by atoms with van der Waals surface area (Å²) in [6.45, 7) is 7.08. The van der Waals surface area contributed by atoms with Gasteiger partial charge in [0.05, 0.1) is 30.1 Å². The van der Waals surface area contributed by atoms with E-state index in [0.717, 1.165) is 18.1 Å². The Balaban J connectivity index is 2.09. The summed E-state index contributed by atoms with van der Waals surface area (Å²) in [5, 5.41) is 8.86. The van der Waals surface area contributed by atoms with Crippen LogP contribution in [-0.4, -0.2) is 36.1 Å². The molecule has 3 unspecified atom stereocenters. The average Bonchev–Trinajstić information content (AvgIpc) is 2.97. The van der Waals surface area contributed by atoms with E-state index < -0.39 is 0 Å². The minimum absolute atomic E-state index is 0.496. The summed E-state index contributed by atoms with van der Waals surface area (Å²) in [6, 6.07) is 0.599. The number of halogens is 1. The lowest BCUT2D eigenvalue weighted by Crippen LogP contribution is -2.33. The molecule has 1 aliphatic rings. The lowest BCUT2D eigenvalue weighted by Gasteiger charge is -2.23. The van der Waals surface area contributed by atoms with Gasteiger partial charge in [0.15, 0.2) is 0 Å². The molecule has 1 heterocycles. The third-order valence-corrected chi connectivity index (χ3v) is 4.70. The van der Waals surface area contributed by atoms with Crippen LogP contribution in [0.4, 0.5) is 0 Å². The molecular formula is C15H26ClN3O. The number of methoxy groups -OCH3 is 1. The van der Waals surface area contributed by atoms with Crippen LogP contribution in [0.25, 0.3) is 0 Å². The fourth-order valence-corrected chi connectivity index (χ4v) is 3.55. The smallest absolute Gasteiger partial charge is 0.0820 e. The Labute approximate surface area is 126 Å². The van der Waals surface area contributed by atoms with Gasteiger partial charge in [-0.25, -0.2) is 0 Å². The zero-order valence-corrected chi connectivity index (χ0v) is 13.5. The molecule has 1 aromatic heterocycles. The first-order valence-corrected chi connectivity index (χ1v) is 8.00. The molecule has 0 bridgehead atoms. The highest BCUT2D eigenvalue weighted by Crippen LogP contribution is 2.42. The van der Waals surface area contributed by atoms with Crippen molar-refractivity contribution in [2.45, 2.75) is 51.6 Å². The molecule has 3 atom stereocenters. The van der Waals surface area contributed by atoms with Crippen molar-refractivity contribution < 1.29 is 4.74 Å². The highest BCUT2D eigenvalue weighted by Gasteiger charge is 2.36. The molecule has 5 heteroatoms. The van der Waals surface area contributed by atoms with Gasteiger partial charge < -0.3 is 10.1 Å². The number of nitrogens with one attached hydrogen (secondary N) is 1. The molecule has 0 saturated heterocycles. The van der Waals surface area contributed by atoms with E-state index in [2.05, 4.69) is 24.3 Å². The lowest BCUT2D eigenvalue weighted by atomic mass is 9.92. The van der Waals surface area contributed by atoms with Gasteiger partial charge in [-0.3, -0.25) is 4.68 Å². The van der Waals surface area contributed by atoms with Gasteiger partial charge in [-0.15, -0.1) is 0 Å². The molecule has 0 spiro atoms. The van der Waals surface area contributed by atoms with Crippen LogP contribution in [0, 0.1) is 5.92 Å². The van der Waals surface area contributed by atoms with E-state index in [1.54, 1.807) is 13.3 Å². The Morgan fingerprint density at radius 2 is 2.30 bits per heavy atom. The standard InChI is InChI=1S/C15H26ClN3O/c1-4-7-17-14-6-5-12(11(14)2)15-13(16)10-18-19(15)8-9-20-3/h10-12,14,17H,4-9H2,1-3H3. The number of hydrogen-bond acceptors (Lipinski definition) is 3. The molecular weight excluding hydrogens is 274 g/mol. The van der Waals surface area contributed by atoms with Gasteiger partial charge >= 0.3 is 0 Å². The number of nitrogens with zero attached hydrogens (tertiary/aromatic N) is 2. The maximum atomic E-state index is 6.38. The zero-order chi connectivity index (χ0) is 14.5. The summed E-state index contributed by atoms with van der Waals surface area (Å²) in [5.41, 5.74) is 1.19. The summed E-state index contributed by atoms with van der Waals surface area (Å²) >= 11 is 6.38. The van der Waals surface area contributed by atoms with Crippen molar-refractivity contribution in [3.8, 4) is 0 Å². The third kappa shape index (κ3) is 3.35. The fraction of sp³-hybridized carbons (Fsp3) is 0.800. The van der Waals surface area contributed by atoms with Crippen molar-refractivity contribution in [1.29, 1.82) is 0 Å². The number of rotatable bonds is 7. The molecule has 20 heavy (non-hydrogen) atoms. The van der Waals surface area contributed by atoms with Gasteiger partial charge in [-0.2, -0.15) is 5.10 Å². The van der Waals surface area contributed by atoms with Crippen LogP contribution in [0.1, 0.15) is 44.7 Å². The Morgan fingerprint density at radius 1 is 1.50 bits per heavy atom. The molecule has 1 saturated carbocycles. The second-order valence-corrected chi connectivity index (χ2v) is 6.10. The summed E-state index contributed by atoms with van der Waals surface area (Å²) in [5.74, 6) is 1.09. The summed E-state index contributed by atoms with van der Waals surface area (Å²) < 4.78 is 7.18. The zero-order valence-electron chi connectivity index (χ0n) is 12.7. The van der Waals surface area contributed by atoms with E-state index in [1.165, 1.54) is 25.0 Å². The number of aromatic nitrogens is 2. The SMILES string of the molecule is CCCNC1CCC(c2c(Cl)cnn2CCOC)C1C. The van der Waals surface area contributed by atoms with E-state index in [-0.39, 0.29) is 0 Å². The minimum Gasteiger partial charge on any atom is -0.383 e. The van der Waals surface area contributed by atoms with Gasteiger partial charge in [0, 0.05) is 19.1 Å². The second kappa shape index (κ2) is 7.43. The molecule has 4 nitrogen and oxygen atoms in total. The summed E-state index contributed by atoms with van der Waals surface area (Å²) in [4.78, 5) is 0. The van der Waals surface area contributed by atoms with Crippen LogP contribution in [0.15, 0.2) is 6.20 Å². The van der Waals surface area contributed by atoms with Crippen LogP contribution < -0.4 is 5.32 Å². The first-order chi connectivity index (χ1) is 9.69. The largest absolute Gasteiger partial charge is 0.383 e. The average molecular weight is 300 g/mol. The van der Waals surface area contributed by atoms with Gasteiger partial charge in [0.25, 0.3) is 0 Å². The Morgan fingerprint density at radius 3 is 3.00 bits per heavy atom. The molecule has 0 aliphatic heterocycles. The predicted octanol–water partition coefficient (Wildman–Crippen LogP) is 3.06. The van der Waals surface area contributed by atoms with Gasteiger partial charge in [-0.05, 0) is 31.7 Å². The fourth-order valence-electron chi connectivity index (χ4n) is 3.27. The summed E-state index contributed by atoms with van der Waals surface area (Å²) in [6.07, 6.45) is 5.35. The van der Waals surface area contributed by atoms with Gasteiger partial charge in [-0.1, -0.05) is 25.4 Å².